The first kappa shape index (κ1) is 18.6. The van der Waals surface area contributed by atoms with Crippen LogP contribution in [0.2, 0.25) is 0 Å². The Balaban J connectivity index is 1.96. The van der Waals surface area contributed by atoms with Gasteiger partial charge in [0, 0.05) is 12.7 Å². The first-order valence-electron chi connectivity index (χ1n) is 8.44. The average molecular weight is 348 g/mol. The minimum Gasteiger partial charge on any atom is -0.351 e. The van der Waals surface area contributed by atoms with Crippen LogP contribution >= 0.6 is 0 Å². The van der Waals surface area contributed by atoms with Crippen molar-refractivity contribution in [2.24, 2.45) is 0 Å². The van der Waals surface area contributed by atoms with Gasteiger partial charge in [0.2, 0.25) is 0 Å². The quantitative estimate of drug-likeness (QED) is 0.425. The van der Waals surface area contributed by atoms with Gasteiger partial charge in [-0.2, -0.15) is 10.2 Å². The number of amides is 1. The average Bonchev–Trinajstić information content (AvgIpc) is 3.12. The molecule has 0 saturated carbocycles. The zero-order valence-corrected chi connectivity index (χ0v) is 14.9. The van der Waals surface area contributed by atoms with E-state index in [4.69, 9.17) is 0 Å². The summed E-state index contributed by atoms with van der Waals surface area (Å²) in [6.45, 7) is 6.23. The molecule has 0 aliphatic rings. The lowest BCUT2D eigenvalue weighted by molar-refractivity contribution is -0.386. The second kappa shape index (κ2) is 8.41. The molecule has 2 heterocycles. The van der Waals surface area contributed by atoms with Gasteiger partial charge in [0.25, 0.3) is 5.91 Å². The number of hydrogen-bond acceptors (Lipinski definition) is 5. The molecule has 0 unspecified atom stereocenters. The highest BCUT2D eigenvalue weighted by Gasteiger charge is 2.22. The van der Waals surface area contributed by atoms with E-state index in [0.29, 0.717) is 23.6 Å². The highest BCUT2D eigenvalue weighted by Crippen LogP contribution is 2.21. The Labute approximate surface area is 146 Å². The highest BCUT2D eigenvalue weighted by atomic mass is 16.6. The lowest BCUT2D eigenvalue weighted by Gasteiger charge is -2.04. The van der Waals surface area contributed by atoms with Gasteiger partial charge < -0.3 is 5.32 Å². The van der Waals surface area contributed by atoms with Gasteiger partial charge in [0.1, 0.15) is 23.8 Å². The summed E-state index contributed by atoms with van der Waals surface area (Å²) in [4.78, 5) is 22.7. The number of rotatable bonds is 9. The molecule has 0 bridgehead atoms. The fourth-order valence-electron chi connectivity index (χ4n) is 2.63. The zero-order valence-electron chi connectivity index (χ0n) is 14.9. The Morgan fingerprint density at radius 2 is 2.04 bits per heavy atom. The molecule has 0 aromatic carbocycles. The predicted octanol–water partition coefficient (Wildman–Crippen LogP) is 2.42. The molecule has 1 N–H and O–H groups in total. The number of unbranched alkanes of at least 4 members (excludes halogenated alkanes) is 3. The van der Waals surface area contributed by atoms with Crippen LogP contribution in [-0.4, -0.2) is 36.9 Å². The summed E-state index contributed by atoms with van der Waals surface area (Å²) in [7, 11) is 0. The van der Waals surface area contributed by atoms with Crippen molar-refractivity contribution in [1.29, 1.82) is 0 Å². The molecular formula is C16H24N6O3. The molecule has 2 aromatic rings. The third kappa shape index (κ3) is 4.65. The fraction of sp³-hybridized carbons (Fsp3) is 0.562. The molecule has 0 radical (unpaired) electrons. The van der Waals surface area contributed by atoms with Gasteiger partial charge in [-0.25, -0.2) is 4.68 Å². The molecular weight excluding hydrogens is 324 g/mol. The molecule has 0 atom stereocenters. The number of aromatic nitrogens is 4. The molecule has 9 heteroatoms. The number of nitrogens with one attached hydrogen (secondary N) is 1. The molecule has 136 valence electrons. The van der Waals surface area contributed by atoms with Crippen LogP contribution < -0.4 is 5.32 Å². The maximum absolute atomic E-state index is 12.1. The SMILES string of the molecule is CCCCCCNC(=O)c1ccn(Cn2nc(C)c([N+](=O)[O-])c2C)n1. The lowest BCUT2D eigenvalue weighted by Crippen LogP contribution is -2.25. The number of hydrogen-bond donors (Lipinski definition) is 1. The summed E-state index contributed by atoms with van der Waals surface area (Å²) in [6.07, 6.45) is 6.04. The fourth-order valence-corrected chi connectivity index (χ4v) is 2.63. The molecule has 2 aromatic heterocycles. The van der Waals surface area contributed by atoms with Gasteiger partial charge in [0.05, 0.1) is 4.92 Å². The maximum atomic E-state index is 12.1. The number of nitro groups is 1. The summed E-state index contributed by atoms with van der Waals surface area (Å²) < 4.78 is 3.04. The highest BCUT2D eigenvalue weighted by molar-refractivity contribution is 5.92. The van der Waals surface area contributed by atoms with Crippen molar-refractivity contribution < 1.29 is 9.72 Å². The Kier molecular flexibility index (Phi) is 6.26. The summed E-state index contributed by atoms with van der Waals surface area (Å²) in [5, 5.41) is 22.3. The molecule has 0 aliphatic carbocycles. The number of carbonyl (C=O) groups excluding carboxylic acids is 1. The topological polar surface area (TPSA) is 108 Å². The second-order valence-electron chi connectivity index (χ2n) is 5.97. The largest absolute Gasteiger partial charge is 0.351 e. The molecule has 25 heavy (non-hydrogen) atoms. The van der Waals surface area contributed by atoms with Crippen LogP contribution in [-0.2, 0) is 6.67 Å². The van der Waals surface area contributed by atoms with Crippen molar-refractivity contribution in [2.75, 3.05) is 6.54 Å². The van der Waals surface area contributed by atoms with E-state index in [-0.39, 0.29) is 18.3 Å². The summed E-state index contributed by atoms with van der Waals surface area (Å²) >= 11 is 0. The molecule has 0 aliphatic heterocycles. The number of carbonyl (C=O) groups is 1. The van der Waals surface area contributed by atoms with E-state index >= 15 is 0 Å². The smallest absolute Gasteiger partial charge is 0.312 e. The summed E-state index contributed by atoms with van der Waals surface area (Å²) in [6, 6.07) is 1.63. The van der Waals surface area contributed by atoms with Crippen molar-refractivity contribution in [2.45, 2.75) is 53.1 Å². The Hall–Kier alpha value is -2.71. The normalized spacial score (nSPS) is 10.8. The second-order valence-corrected chi connectivity index (χ2v) is 5.97. The molecule has 0 spiro atoms. The Morgan fingerprint density at radius 1 is 1.28 bits per heavy atom. The summed E-state index contributed by atoms with van der Waals surface area (Å²) in [5.41, 5.74) is 1.16. The standard InChI is InChI=1S/C16H24N6O3/c1-4-5-6-7-9-17-16(23)14-8-10-20(19-14)11-21-13(3)15(22(24)25)12(2)18-21/h8,10H,4-7,9,11H2,1-3H3,(H,17,23). The van der Waals surface area contributed by atoms with E-state index in [9.17, 15) is 14.9 Å². The van der Waals surface area contributed by atoms with Crippen molar-refractivity contribution in [3.05, 3.63) is 39.5 Å². The minimum atomic E-state index is -0.436. The Morgan fingerprint density at radius 3 is 2.68 bits per heavy atom. The van der Waals surface area contributed by atoms with E-state index in [0.717, 1.165) is 19.3 Å². The van der Waals surface area contributed by atoms with E-state index in [1.54, 1.807) is 26.1 Å². The van der Waals surface area contributed by atoms with E-state index < -0.39 is 4.92 Å². The monoisotopic (exact) mass is 348 g/mol. The molecule has 2 rings (SSSR count). The van der Waals surface area contributed by atoms with Gasteiger partial charge in [-0.3, -0.25) is 19.6 Å². The van der Waals surface area contributed by atoms with Crippen molar-refractivity contribution in [3.63, 3.8) is 0 Å². The number of nitrogens with zero attached hydrogens (tertiary/aromatic N) is 5. The van der Waals surface area contributed by atoms with Gasteiger partial charge in [-0.15, -0.1) is 0 Å². The van der Waals surface area contributed by atoms with E-state index in [2.05, 4.69) is 22.4 Å². The molecule has 9 nitrogen and oxygen atoms in total. The van der Waals surface area contributed by atoms with Crippen LogP contribution in [0.25, 0.3) is 0 Å². The van der Waals surface area contributed by atoms with Crippen molar-refractivity contribution in [3.8, 4) is 0 Å². The van der Waals surface area contributed by atoms with Crippen molar-refractivity contribution >= 4 is 11.6 Å². The van der Waals surface area contributed by atoms with Crippen LogP contribution in [0.15, 0.2) is 12.3 Å². The third-order valence-corrected chi connectivity index (χ3v) is 3.99. The lowest BCUT2D eigenvalue weighted by atomic mass is 10.2. The van der Waals surface area contributed by atoms with Crippen LogP contribution in [0.1, 0.15) is 54.5 Å². The van der Waals surface area contributed by atoms with Crippen LogP contribution in [0, 0.1) is 24.0 Å². The van der Waals surface area contributed by atoms with Crippen LogP contribution in [0.5, 0.6) is 0 Å². The van der Waals surface area contributed by atoms with Gasteiger partial charge in [0.15, 0.2) is 0 Å². The number of aryl methyl sites for hydroxylation is 1. The van der Waals surface area contributed by atoms with E-state index in [1.807, 2.05) is 0 Å². The molecule has 0 saturated heterocycles. The van der Waals surface area contributed by atoms with Crippen LogP contribution in [0.3, 0.4) is 0 Å². The summed E-state index contributed by atoms with van der Waals surface area (Å²) in [5.74, 6) is -0.213. The van der Waals surface area contributed by atoms with Crippen molar-refractivity contribution in [1.82, 2.24) is 24.9 Å². The first-order chi connectivity index (χ1) is 11.9. The third-order valence-electron chi connectivity index (χ3n) is 3.99. The predicted molar refractivity (Wildman–Crippen MR) is 92.5 cm³/mol. The zero-order chi connectivity index (χ0) is 18.4. The first-order valence-corrected chi connectivity index (χ1v) is 8.44. The molecule has 0 fully saturated rings. The van der Waals surface area contributed by atoms with Gasteiger partial charge >= 0.3 is 5.69 Å². The van der Waals surface area contributed by atoms with Gasteiger partial charge in [-0.1, -0.05) is 26.2 Å². The maximum Gasteiger partial charge on any atom is 0.312 e. The minimum absolute atomic E-state index is 0.0113. The van der Waals surface area contributed by atoms with Crippen LogP contribution in [0.4, 0.5) is 5.69 Å². The molecule has 1 amide bonds. The van der Waals surface area contributed by atoms with Gasteiger partial charge in [-0.05, 0) is 26.3 Å². The Bertz CT molecular complexity index is 749. The van der Waals surface area contributed by atoms with E-state index in [1.165, 1.54) is 15.8 Å².